The van der Waals surface area contributed by atoms with Gasteiger partial charge < -0.3 is 10.6 Å². The maximum Gasteiger partial charge on any atom is 0.0652 e. The van der Waals surface area contributed by atoms with E-state index in [-0.39, 0.29) is 0 Å². The lowest BCUT2D eigenvalue weighted by atomic mass is 10.2. The third kappa shape index (κ3) is 2.32. The summed E-state index contributed by atoms with van der Waals surface area (Å²) in [6, 6.07) is 6.00. The molecule has 1 aromatic rings. The first-order chi connectivity index (χ1) is 6.75. The Bertz CT molecular complexity index is 322. The Morgan fingerprint density at radius 2 is 2.21 bits per heavy atom. The summed E-state index contributed by atoms with van der Waals surface area (Å²) in [6.45, 7) is 2.07. The molecule has 1 unspecified atom stereocenters. The van der Waals surface area contributed by atoms with Crippen LogP contribution in [0.25, 0.3) is 0 Å². The van der Waals surface area contributed by atoms with Crippen molar-refractivity contribution in [3.8, 4) is 0 Å². The largest absolute Gasteiger partial charge is 0.380 e. The number of anilines is 1. The minimum absolute atomic E-state index is 0.480. The Labute approximate surface area is 93.6 Å². The minimum Gasteiger partial charge on any atom is -0.380 e. The number of benzene rings is 1. The molecule has 14 heavy (non-hydrogen) atoms. The molecule has 0 radical (unpaired) electrons. The topological polar surface area (TPSA) is 24.1 Å². The van der Waals surface area contributed by atoms with Gasteiger partial charge in [0.1, 0.15) is 0 Å². The van der Waals surface area contributed by atoms with Crippen molar-refractivity contribution in [2.45, 2.75) is 12.5 Å². The maximum absolute atomic E-state index is 6.04. The van der Waals surface area contributed by atoms with Crippen molar-refractivity contribution in [1.82, 2.24) is 5.32 Å². The summed E-state index contributed by atoms with van der Waals surface area (Å²) >= 11 is 11.8. The number of nitrogens with one attached hydrogen (secondary N) is 2. The standard InChI is InChI=1S/C10H12Cl2N2/c11-7-1-2-10(9(12)5-7)14-8-3-4-13-6-8/h1-2,5,8,13-14H,3-4,6H2. The molecule has 0 saturated carbocycles. The highest BCUT2D eigenvalue weighted by Gasteiger charge is 2.14. The molecule has 1 aliphatic rings. The molecule has 1 heterocycles. The monoisotopic (exact) mass is 230 g/mol. The Kier molecular flexibility index (Phi) is 3.16. The Balaban J connectivity index is 2.08. The highest BCUT2D eigenvalue weighted by atomic mass is 35.5. The van der Waals surface area contributed by atoms with Crippen molar-refractivity contribution in [1.29, 1.82) is 0 Å². The van der Waals surface area contributed by atoms with Crippen LogP contribution >= 0.6 is 23.2 Å². The lowest BCUT2D eigenvalue weighted by molar-refractivity contribution is 0.793. The summed E-state index contributed by atoms with van der Waals surface area (Å²) in [6.07, 6.45) is 1.14. The highest BCUT2D eigenvalue weighted by molar-refractivity contribution is 6.36. The number of halogens is 2. The summed E-state index contributed by atoms with van der Waals surface area (Å²) in [4.78, 5) is 0. The molecule has 2 rings (SSSR count). The molecule has 0 bridgehead atoms. The molecule has 1 atom stereocenters. The smallest absolute Gasteiger partial charge is 0.0652 e. The van der Waals surface area contributed by atoms with Gasteiger partial charge in [0, 0.05) is 17.6 Å². The first-order valence-corrected chi connectivity index (χ1v) is 5.43. The van der Waals surface area contributed by atoms with E-state index in [4.69, 9.17) is 23.2 Å². The molecule has 0 spiro atoms. The lowest BCUT2D eigenvalue weighted by Gasteiger charge is -2.14. The number of hydrogen-bond donors (Lipinski definition) is 2. The molecular formula is C10H12Cl2N2. The zero-order chi connectivity index (χ0) is 9.97. The molecule has 4 heteroatoms. The number of rotatable bonds is 2. The molecule has 1 fully saturated rings. The van der Waals surface area contributed by atoms with Crippen LogP contribution in [0.2, 0.25) is 10.0 Å². The van der Waals surface area contributed by atoms with Crippen molar-refractivity contribution >= 4 is 28.9 Å². The van der Waals surface area contributed by atoms with E-state index in [1.54, 1.807) is 6.07 Å². The minimum atomic E-state index is 0.480. The Morgan fingerprint density at radius 3 is 2.86 bits per heavy atom. The van der Waals surface area contributed by atoms with Gasteiger partial charge >= 0.3 is 0 Å². The van der Waals surface area contributed by atoms with Crippen LogP contribution in [0.4, 0.5) is 5.69 Å². The van der Waals surface area contributed by atoms with Crippen molar-refractivity contribution in [2.75, 3.05) is 18.4 Å². The van der Waals surface area contributed by atoms with Gasteiger partial charge in [-0.3, -0.25) is 0 Å². The third-order valence-corrected chi connectivity index (χ3v) is 2.90. The maximum atomic E-state index is 6.04. The lowest BCUT2D eigenvalue weighted by Crippen LogP contribution is -2.22. The van der Waals surface area contributed by atoms with Crippen LogP contribution < -0.4 is 10.6 Å². The van der Waals surface area contributed by atoms with Crippen LogP contribution in [0.5, 0.6) is 0 Å². The van der Waals surface area contributed by atoms with Gasteiger partial charge in [-0.05, 0) is 31.2 Å². The zero-order valence-electron chi connectivity index (χ0n) is 7.69. The molecule has 0 amide bonds. The van der Waals surface area contributed by atoms with Crippen LogP contribution in [0.15, 0.2) is 18.2 Å². The van der Waals surface area contributed by atoms with Gasteiger partial charge in [0.25, 0.3) is 0 Å². The van der Waals surface area contributed by atoms with Gasteiger partial charge in [-0.1, -0.05) is 23.2 Å². The van der Waals surface area contributed by atoms with E-state index in [9.17, 15) is 0 Å². The van der Waals surface area contributed by atoms with Gasteiger partial charge in [0.2, 0.25) is 0 Å². The Morgan fingerprint density at radius 1 is 1.36 bits per heavy atom. The van der Waals surface area contributed by atoms with E-state index in [1.807, 2.05) is 12.1 Å². The van der Waals surface area contributed by atoms with Crippen LogP contribution in [0, 0.1) is 0 Å². The summed E-state index contributed by atoms with van der Waals surface area (Å²) in [5.74, 6) is 0. The van der Waals surface area contributed by atoms with Crippen molar-refractivity contribution in [3.63, 3.8) is 0 Å². The highest BCUT2D eigenvalue weighted by Crippen LogP contribution is 2.26. The average molecular weight is 231 g/mol. The number of hydrogen-bond acceptors (Lipinski definition) is 2. The van der Waals surface area contributed by atoms with Gasteiger partial charge in [-0.15, -0.1) is 0 Å². The van der Waals surface area contributed by atoms with E-state index in [2.05, 4.69) is 10.6 Å². The van der Waals surface area contributed by atoms with E-state index < -0.39 is 0 Å². The van der Waals surface area contributed by atoms with E-state index in [0.717, 1.165) is 25.2 Å². The van der Waals surface area contributed by atoms with Crippen molar-refractivity contribution in [3.05, 3.63) is 28.2 Å². The van der Waals surface area contributed by atoms with Crippen molar-refractivity contribution in [2.24, 2.45) is 0 Å². The summed E-state index contributed by atoms with van der Waals surface area (Å²) < 4.78 is 0. The molecular weight excluding hydrogens is 219 g/mol. The molecule has 2 nitrogen and oxygen atoms in total. The quantitative estimate of drug-likeness (QED) is 0.817. The molecule has 1 aromatic carbocycles. The SMILES string of the molecule is Clc1ccc(NC2CCNC2)c(Cl)c1. The Hall–Kier alpha value is -0.440. The van der Waals surface area contributed by atoms with E-state index in [0.29, 0.717) is 16.1 Å². The predicted octanol–water partition coefficient (Wildman–Crippen LogP) is 2.77. The first-order valence-electron chi connectivity index (χ1n) is 4.68. The molecule has 1 saturated heterocycles. The fourth-order valence-electron chi connectivity index (χ4n) is 1.60. The second kappa shape index (κ2) is 4.39. The third-order valence-electron chi connectivity index (χ3n) is 2.35. The van der Waals surface area contributed by atoms with E-state index >= 15 is 0 Å². The molecule has 0 aromatic heterocycles. The molecule has 0 aliphatic carbocycles. The second-order valence-electron chi connectivity index (χ2n) is 3.46. The summed E-state index contributed by atoms with van der Waals surface area (Å²) in [7, 11) is 0. The second-order valence-corrected chi connectivity index (χ2v) is 4.30. The van der Waals surface area contributed by atoms with Crippen LogP contribution in [0.1, 0.15) is 6.42 Å². The predicted molar refractivity (Wildman–Crippen MR) is 61.4 cm³/mol. The molecule has 2 N–H and O–H groups in total. The van der Waals surface area contributed by atoms with Crippen LogP contribution in [0.3, 0.4) is 0 Å². The fourth-order valence-corrected chi connectivity index (χ4v) is 2.07. The molecule has 1 aliphatic heterocycles. The molecule has 76 valence electrons. The fraction of sp³-hybridized carbons (Fsp3) is 0.400. The average Bonchev–Trinajstić information content (AvgIpc) is 2.62. The van der Waals surface area contributed by atoms with Crippen LogP contribution in [-0.2, 0) is 0 Å². The normalized spacial score (nSPS) is 21.1. The van der Waals surface area contributed by atoms with Gasteiger partial charge in [-0.2, -0.15) is 0 Å². The summed E-state index contributed by atoms with van der Waals surface area (Å²) in [5.41, 5.74) is 0.963. The van der Waals surface area contributed by atoms with Gasteiger partial charge in [0.05, 0.1) is 10.7 Å². The zero-order valence-corrected chi connectivity index (χ0v) is 9.20. The first kappa shape index (κ1) is 10.1. The van der Waals surface area contributed by atoms with Gasteiger partial charge in [-0.25, -0.2) is 0 Å². The van der Waals surface area contributed by atoms with Crippen molar-refractivity contribution < 1.29 is 0 Å². The van der Waals surface area contributed by atoms with Gasteiger partial charge in [0.15, 0.2) is 0 Å². The van der Waals surface area contributed by atoms with Crippen LogP contribution in [-0.4, -0.2) is 19.1 Å². The summed E-state index contributed by atoms with van der Waals surface area (Å²) in [5, 5.41) is 8.03. The van der Waals surface area contributed by atoms with E-state index in [1.165, 1.54) is 0 Å².